The van der Waals surface area contributed by atoms with E-state index in [1.165, 1.54) is 12.0 Å². The molecule has 2 aromatic rings. The van der Waals surface area contributed by atoms with Gasteiger partial charge >= 0.3 is 0 Å². The lowest BCUT2D eigenvalue weighted by atomic mass is 10.0. The summed E-state index contributed by atoms with van der Waals surface area (Å²) in [6, 6.07) is 14.1. The third-order valence-electron chi connectivity index (χ3n) is 5.19. The molecule has 0 aromatic heterocycles. The molecule has 144 valence electrons. The Hall–Kier alpha value is -2.79. The number of hydrogen-bond donors (Lipinski definition) is 0. The number of hydrogen-bond acceptors (Lipinski definition) is 4. The zero-order chi connectivity index (χ0) is 19.7. The molecule has 5 nitrogen and oxygen atoms in total. The molecule has 0 radical (unpaired) electrons. The molecule has 0 N–H and O–H groups in total. The summed E-state index contributed by atoms with van der Waals surface area (Å²) in [5.41, 5.74) is 2.05. The van der Waals surface area contributed by atoms with E-state index in [1.807, 2.05) is 11.0 Å². The fourth-order valence-corrected chi connectivity index (χ4v) is 3.97. The first kappa shape index (κ1) is 18.6. The summed E-state index contributed by atoms with van der Waals surface area (Å²) in [4.78, 5) is 30.2. The minimum absolute atomic E-state index is 0.304. The lowest BCUT2D eigenvalue weighted by Gasteiger charge is -2.29. The van der Waals surface area contributed by atoms with E-state index < -0.39 is 0 Å². The Labute approximate surface area is 169 Å². The summed E-state index contributed by atoms with van der Waals surface area (Å²) >= 11 is 6.03. The number of likely N-dealkylation sites (tertiary alicyclic amines) is 1. The Morgan fingerprint density at radius 3 is 2.25 bits per heavy atom. The van der Waals surface area contributed by atoms with Gasteiger partial charge in [0.25, 0.3) is 11.8 Å². The molecule has 0 aliphatic carbocycles. The van der Waals surface area contributed by atoms with Gasteiger partial charge in [-0.15, -0.1) is 0 Å². The van der Waals surface area contributed by atoms with Crippen LogP contribution in [-0.4, -0.2) is 36.9 Å². The Morgan fingerprint density at radius 1 is 0.893 bits per heavy atom. The van der Waals surface area contributed by atoms with E-state index in [0.717, 1.165) is 32.4 Å². The normalized spacial score (nSPS) is 17.5. The molecule has 28 heavy (non-hydrogen) atoms. The van der Waals surface area contributed by atoms with Crippen molar-refractivity contribution in [3.8, 4) is 5.75 Å². The van der Waals surface area contributed by atoms with Gasteiger partial charge in [-0.25, -0.2) is 4.90 Å². The molecule has 0 spiro atoms. The van der Waals surface area contributed by atoms with Crippen molar-refractivity contribution >= 4 is 34.7 Å². The van der Waals surface area contributed by atoms with Gasteiger partial charge in [0.2, 0.25) is 0 Å². The Balaban J connectivity index is 1.84. The number of halogens is 1. The lowest BCUT2D eigenvalue weighted by Crippen LogP contribution is -2.37. The molecular formula is C22H21ClN2O3. The molecule has 0 bridgehead atoms. The third-order valence-corrected chi connectivity index (χ3v) is 5.44. The van der Waals surface area contributed by atoms with Gasteiger partial charge in [-0.1, -0.05) is 35.9 Å². The van der Waals surface area contributed by atoms with Crippen molar-refractivity contribution in [3.05, 3.63) is 64.8 Å². The number of rotatable bonds is 4. The predicted octanol–water partition coefficient (Wildman–Crippen LogP) is 4.12. The predicted molar refractivity (Wildman–Crippen MR) is 109 cm³/mol. The first-order valence-corrected chi connectivity index (χ1v) is 9.76. The lowest BCUT2D eigenvalue weighted by molar-refractivity contribution is -0.120. The van der Waals surface area contributed by atoms with Crippen molar-refractivity contribution in [3.63, 3.8) is 0 Å². The van der Waals surface area contributed by atoms with Gasteiger partial charge in [0, 0.05) is 18.1 Å². The van der Waals surface area contributed by atoms with Crippen molar-refractivity contribution in [1.82, 2.24) is 4.90 Å². The standard InChI is InChI=1S/C22H21ClN2O3/c1-28-18-8-4-3-7-17(18)25-21(26)19(15-9-11-16(23)12-10-15)20(22(25)27)24-13-5-2-6-14-24/h3-4,7-12H,2,5-6,13-14H2,1H3. The van der Waals surface area contributed by atoms with Crippen LogP contribution in [0.15, 0.2) is 54.2 Å². The summed E-state index contributed by atoms with van der Waals surface area (Å²) in [6.07, 6.45) is 3.15. The van der Waals surface area contributed by atoms with Gasteiger partial charge in [0.1, 0.15) is 11.4 Å². The highest BCUT2D eigenvalue weighted by Crippen LogP contribution is 2.39. The number of amides is 2. The number of carbonyl (C=O) groups is 2. The molecule has 2 aliphatic heterocycles. The first-order chi connectivity index (χ1) is 13.6. The minimum Gasteiger partial charge on any atom is -0.495 e. The van der Waals surface area contributed by atoms with E-state index in [-0.39, 0.29) is 11.8 Å². The highest BCUT2D eigenvalue weighted by molar-refractivity contribution is 6.45. The van der Waals surface area contributed by atoms with Crippen LogP contribution in [0.3, 0.4) is 0 Å². The highest BCUT2D eigenvalue weighted by Gasteiger charge is 2.43. The number of para-hydroxylation sites is 2. The number of carbonyl (C=O) groups excluding carboxylic acids is 2. The molecule has 1 saturated heterocycles. The number of methoxy groups -OCH3 is 1. The second kappa shape index (κ2) is 7.68. The zero-order valence-corrected chi connectivity index (χ0v) is 16.4. The maximum absolute atomic E-state index is 13.5. The van der Waals surface area contributed by atoms with Crippen molar-refractivity contribution in [2.24, 2.45) is 0 Å². The van der Waals surface area contributed by atoms with Crippen LogP contribution in [0.25, 0.3) is 5.57 Å². The van der Waals surface area contributed by atoms with Gasteiger partial charge < -0.3 is 9.64 Å². The second-order valence-electron chi connectivity index (χ2n) is 6.90. The van der Waals surface area contributed by atoms with Crippen LogP contribution in [-0.2, 0) is 9.59 Å². The van der Waals surface area contributed by atoms with E-state index >= 15 is 0 Å². The van der Waals surface area contributed by atoms with Crippen LogP contribution in [0.5, 0.6) is 5.75 Å². The third kappa shape index (κ3) is 3.16. The summed E-state index contributed by atoms with van der Waals surface area (Å²) < 4.78 is 5.40. The van der Waals surface area contributed by atoms with Crippen LogP contribution in [0.1, 0.15) is 24.8 Å². The topological polar surface area (TPSA) is 49.9 Å². The van der Waals surface area contributed by atoms with E-state index in [9.17, 15) is 9.59 Å². The number of anilines is 1. The quantitative estimate of drug-likeness (QED) is 0.729. The van der Waals surface area contributed by atoms with Gasteiger partial charge in [-0.3, -0.25) is 9.59 Å². The fourth-order valence-electron chi connectivity index (χ4n) is 3.84. The summed E-state index contributed by atoms with van der Waals surface area (Å²) in [6.45, 7) is 1.54. The van der Waals surface area contributed by atoms with Crippen LogP contribution >= 0.6 is 11.6 Å². The molecule has 2 heterocycles. The molecule has 4 rings (SSSR count). The molecule has 0 unspecified atom stereocenters. The van der Waals surface area contributed by atoms with Crippen LogP contribution < -0.4 is 9.64 Å². The van der Waals surface area contributed by atoms with E-state index in [0.29, 0.717) is 33.3 Å². The monoisotopic (exact) mass is 396 g/mol. The van der Waals surface area contributed by atoms with E-state index in [4.69, 9.17) is 16.3 Å². The fraction of sp³-hybridized carbons (Fsp3) is 0.273. The molecular weight excluding hydrogens is 376 g/mol. The number of benzene rings is 2. The number of ether oxygens (including phenoxy) is 1. The van der Waals surface area contributed by atoms with Crippen LogP contribution in [0.2, 0.25) is 5.02 Å². The van der Waals surface area contributed by atoms with Crippen molar-refractivity contribution in [1.29, 1.82) is 0 Å². The SMILES string of the molecule is COc1ccccc1N1C(=O)C(c2ccc(Cl)cc2)=C(N2CCCCC2)C1=O. The molecule has 1 fully saturated rings. The number of nitrogens with zero attached hydrogens (tertiary/aromatic N) is 2. The average molecular weight is 397 g/mol. The zero-order valence-electron chi connectivity index (χ0n) is 15.7. The largest absolute Gasteiger partial charge is 0.495 e. The minimum atomic E-state index is -0.336. The van der Waals surface area contributed by atoms with Crippen molar-refractivity contribution in [2.75, 3.05) is 25.1 Å². The first-order valence-electron chi connectivity index (χ1n) is 9.39. The molecule has 2 aromatic carbocycles. The Bertz CT molecular complexity index is 947. The number of piperidine rings is 1. The van der Waals surface area contributed by atoms with E-state index in [1.54, 1.807) is 42.5 Å². The van der Waals surface area contributed by atoms with Crippen LogP contribution in [0.4, 0.5) is 5.69 Å². The summed E-state index contributed by atoms with van der Waals surface area (Å²) in [5, 5.41) is 0.585. The molecule has 0 saturated carbocycles. The average Bonchev–Trinajstić information content (AvgIpc) is 2.99. The number of imide groups is 1. The summed E-state index contributed by atoms with van der Waals surface area (Å²) in [7, 11) is 1.53. The van der Waals surface area contributed by atoms with E-state index in [2.05, 4.69) is 0 Å². The molecule has 6 heteroatoms. The second-order valence-corrected chi connectivity index (χ2v) is 7.33. The molecule has 2 amide bonds. The maximum atomic E-state index is 13.5. The molecule has 2 aliphatic rings. The summed E-state index contributed by atoms with van der Waals surface area (Å²) in [5.74, 6) is -0.154. The van der Waals surface area contributed by atoms with Gasteiger partial charge in [0.05, 0.1) is 18.4 Å². The van der Waals surface area contributed by atoms with Crippen molar-refractivity contribution in [2.45, 2.75) is 19.3 Å². The van der Waals surface area contributed by atoms with Crippen molar-refractivity contribution < 1.29 is 14.3 Å². The smallest absolute Gasteiger partial charge is 0.282 e. The Morgan fingerprint density at radius 2 is 1.57 bits per heavy atom. The van der Waals surface area contributed by atoms with Gasteiger partial charge in [-0.05, 0) is 49.1 Å². The molecule has 0 atom stereocenters. The van der Waals surface area contributed by atoms with Crippen LogP contribution in [0, 0.1) is 0 Å². The maximum Gasteiger partial charge on any atom is 0.282 e. The van der Waals surface area contributed by atoms with Gasteiger partial charge in [0.15, 0.2) is 0 Å². The highest BCUT2D eigenvalue weighted by atomic mass is 35.5. The Kier molecular flexibility index (Phi) is 5.09. The van der Waals surface area contributed by atoms with Gasteiger partial charge in [-0.2, -0.15) is 0 Å².